The standard InChI is InChI=1S/C16H28N4OS/c1-4-15-17-14(13-22-15)11-18-7-9-19(10-8-18)12-16(21)20(5-2)6-3/h13H,4-12H2,1-3H3. The maximum absolute atomic E-state index is 12.1. The Morgan fingerprint density at radius 2 is 1.82 bits per heavy atom. The van der Waals surface area contributed by atoms with Gasteiger partial charge < -0.3 is 4.90 Å². The zero-order valence-corrected chi connectivity index (χ0v) is 14.9. The molecule has 0 spiro atoms. The zero-order valence-electron chi connectivity index (χ0n) is 14.0. The predicted molar refractivity (Wildman–Crippen MR) is 91.1 cm³/mol. The van der Waals surface area contributed by atoms with E-state index in [4.69, 9.17) is 0 Å². The van der Waals surface area contributed by atoms with Crippen molar-refractivity contribution in [2.24, 2.45) is 0 Å². The van der Waals surface area contributed by atoms with Crippen LogP contribution in [-0.2, 0) is 17.8 Å². The van der Waals surface area contributed by atoms with E-state index in [-0.39, 0.29) is 5.91 Å². The van der Waals surface area contributed by atoms with Crippen molar-refractivity contribution in [3.8, 4) is 0 Å². The van der Waals surface area contributed by atoms with Gasteiger partial charge in [-0.05, 0) is 20.3 Å². The number of thiazole rings is 1. The number of likely N-dealkylation sites (N-methyl/N-ethyl adjacent to an activating group) is 1. The summed E-state index contributed by atoms with van der Waals surface area (Å²) in [6, 6.07) is 0. The van der Waals surface area contributed by atoms with E-state index in [9.17, 15) is 4.79 Å². The van der Waals surface area contributed by atoms with Gasteiger partial charge in [0.05, 0.1) is 17.2 Å². The van der Waals surface area contributed by atoms with Crippen molar-refractivity contribution < 1.29 is 4.79 Å². The van der Waals surface area contributed by atoms with Gasteiger partial charge >= 0.3 is 0 Å². The lowest BCUT2D eigenvalue weighted by Gasteiger charge is -2.34. The van der Waals surface area contributed by atoms with Gasteiger partial charge in [-0.1, -0.05) is 6.92 Å². The number of nitrogens with zero attached hydrogens (tertiary/aromatic N) is 4. The summed E-state index contributed by atoms with van der Waals surface area (Å²) in [6.07, 6.45) is 1.02. The minimum atomic E-state index is 0.255. The van der Waals surface area contributed by atoms with E-state index in [1.807, 2.05) is 18.7 Å². The average molecular weight is 324 g/mol. The molecule has 0 atom stereocenters. The fraction of sp³-hybridized carbons (Fsp3) is 0.750. The molecule has 0 N–H and O–H groups in total. The van der Waals surface area contributed by atoms with Gasteiger partial charge in [-0.15, -0.1) is 11.3 Å². The summed E-state index contributed by atoms with van der Waals surface area (Å²) in [4.78, 5) is 23.4. The van der Waals surface area contributed by atoms with Crippen molar-refractivity contribution in [2.45, 2.75) is 33.7 Å². The Morgan fingerprint density at radius 1 is 1.18 bits per heavy atom. The number of aromatic nitrogens is 1. The lowest BCUT2D eigenvalue weighted by molar-refractivity contribution is -0.132. The number of hydrogen-bond donors (Lipinski definition) is 0. The molecule has 2 rings (SSSR count). The number of rotatable bonds is 7. The van der Waals surface area contributed by atoms with E-state index in [0.29, 0.717) is 6.54 Å². The molecule has 22 heavy (non-hydrogen) atoms. The number of amides is 1. The molecule has 0 bridgehead atoms. The van der Waals surface area contributed by atoms with Gasteiger partial charge in [0.1, 0.15) is 0 Å². The highest BCUT2D eigenvalue weighted by molar-refractivity contribution is 7.09. The third-order valence-electron chi connectivity index (χ3n) is 4.23. The van der Waals surface area contributed by atoms with Crippen molar-refractivity contribution in [3.05, 3.63) is 16.1 Å². The van der Waals surface area contributed by atoms with Crippen molar-refractivity contribution in [1.82, 2.24) is 19.7 Å². The summed E-state index contributed by atoms with van der Waals surface area (Å²) in [7, 11) is 0. The highest BCUT2D eigenvalue weighted by Crippen LogP contribution is 2.13. The van der Waals surface area contributed by atoms with Crippen LogP contribution >= 0.6 is 11.3 Å². The molecule has 0 aliphatic carbocycles. The molecule has 1 aromatic heterocycles. The minimum absolute atomic E-state index is 0.255. The average Bonchev–Trinajstić information content (AvgIpc) is 2.98. The largest absolute Gasteiger partial charge is 0.342 e. The third kappa shape index (κ3) is 4.76. The number of aryl methyl sites for hydroxylation is 1. The fourth-order valence-electron chi connectivity index (χ4n) is 2.79. The van der Waals surface area contributed by atoms with Gasteiger partial charge in [0.15, 0.2) is 0 Å². The molecule has 5 nitrogen and oxygen atoms in total. The molecule has 1 amide bonds. The second-order valence-corrected chi connectivity index (χ2v) is 6.65. The van der Waals surface area contributed by atoms with Crippen LogP contribution in [0.2, 0.25) is 0 Å². The topological polar surface area (TPSA) is 39.7 Å². The molecule has 0 aromatic carbocycles. The molecule has 1 fully saturated rings. The van der Waals surface area contributed by atoms with Crippen molar-refractivity contribution in [2.75, 3.05) is 45.8 Å². The highest BCUT2D eigenvalue weighted by Gasteiger charge is 2.21. The van der Waals surface area contributed by atoms with Crippen LogP contribution in [0.25, 0.3) is 0 Å². The first-order valence-corrected chi connectivity index (χ1v) is 9.19. The number of piperazine rings is 1. The van der Waals surface area contributed by atoms with E-state index in [0.717, 1.165) is 52.2 Å². The minimum Gasteiger partial charge on any atom is -0.342 e. The van der Waals surface area contributed by atoms with Crippen LogP contribution in [0.15, 0.2) is 5.38 Å². The summed E-state index contributed by atoms with van der Waals surface area (Å²) >= 11 is 1.76. The summed E-state index contributed by atoms with van der Waals surface area (Å²) in [5.74, 6) is 0.255. The maximum atomic E-state index is 12.1. The lowest BCUT2D eigenvalue weighted by Crippen LogP contribution is -2.49. The third-order valence-corrected chi connectivity index (χ3v) is 5.27. The Labute approximate surface area is 137 Å². The van der Waals surface area contributed by atoms with E-state index in [2.05, 4.69) is 27.1 Å². The van der Waals surface area contributed by atoms with Gasteiger partial charge in [0.2, 0.25) is 5.91 Å². The van der Waals surface area contributed by atoms with Crippen LogP contribution in [0.3, 0.4) is 0 Å². The number of hydrogen-bond acceptors (Lipinski definition) is 5. The van der Waals surface area contributed by atoms with E-state index in [1.54, 1.807) is 11.3 Å². The van der Waals surface area contributed by atoms with Crippen LogP contribution in [0, 0.1) is 0 Å². The van der Waals surface area contributed by atoms with Crippen LogP contribution < -0.4 is 0 Å². The Morgan fingerprint density at radius 3 is 2.36 bits per heavy atom. The quantitative estimate of drug-likeness (QED) is 0.765. The molecule has 1 aliphatic rings. The molecule has 124 valence electrons. The first kappa shape index (κ1) is 17.4. The zero-order chi connectivity index (χ0) is 15.9. The second-order valence-electron chi connectivity index (χ2n) is 5.70. The lowest BCUT2D eigenvalue weighted by atomic mass is 10.3. The molecular weight excluding hydrogens is 296 g/mol. The SMILES string of the molecule is CCc1nc(CN2CCN(CC(=O)N(CC)CC)CC2)cs1. The van der Waals surface area contributed by atoms with Crippen molar-refractivity contribution in [1.29, 1.82) is 0 Å². The predicted octanol–water partition coefficient (Wildman–Crippen LogP) is 1.69. The number of carbonyl (C=O) groups is 1. The maximum Gasteiger partial charge on any atom is 0.236 e. The van der Waals surface area contributed by atoms with Gasteiger partial charge in [-0.25, -0.2) is 4.98 Å². The second kappa shape index (κ2) is 8.60. The molecular formula is C16H28N4OS. The Bertz CT molecular complexity index is 464. The molecule has 0 unspecified atom stereocenters. The van der Waals surface area contributed by atoms with E-state index >= 15 is 0 Å². The van der Waals surface area contributed by atoms with E-state index in [1.165, 1.54) is 10.7 Å². The molecule has 1 aliphatic heterocycles. The first-order chi connectivity index (χ1) is 10.7. The summed E-state index contributed by atoms with van der Waals surface area (Å²) in [6.45, 7) is 13.3. The van der Waals surface area contributed by atoms with E-state index < -0.39 is 0 Å². The van der Waals surface area contributed by atoms with Gasteiger partial charge in [0, 0.05) is 51.2 Å². The Hall–Kier alpha value is -0.980. The van der Waals surface area contributed by atoms with Crippen molar-refractivity contribution in [3.63, 3.8) is 0 Å². The molecule has 6 heteroatoms. The monoisotopic (exact) mass is 324 g/mol. The molecule has 0 saturated carbocycles. The summed E-state index contributed by atoms with van der Waals surface area (Å²) in [5, 5.41) is 3.40. The summed E-state index contributed by atoms with van der Waals surface area (Å²) in [5.41, 5.74) is 1.19. The molecule has 0 radical (unpaired) electrons. The molecule has 1 saturated heterocycles. The Kier molecular flexibility index (Phi) is 6.79. The molecule has 2 heterocycles. The fourth-order valence-corrected chi connectivity index (χ4v) is 3.52. The smallest absolute Gasteiger partial charge is 0.236 e. The normalized spacial score (nSPS) is 16.9. The van der Waals surface area contributed by atoms with Crippen LogP contribution in [-0.4, -0.2) is 71.4 Å². The van der Waals surface area contributed by atoms with Crippen LogP contribution in [0.5, 0.6) is 0 Å². The molecule has 1 aromatic rings. The number of carbonyl (C=O) groups excluding carboxylic acids is 1. The first-order valence-electron chi connectivity index (χ1n) is 8.32. The van der Waals surface area contributed by atoms with Crippen LogP contribution in [0.1, 0.15) is 31.5 Å². The van der Waals surface area contributed by atoms with Gasteiger partial charge in [-0.2, -0.15) is 0 Å². The highest BCUT2D eigenvalue weighted by atomic mass is 32.1. The van der Waals surface area contributed by atoms with Gasteiger partial charge in [0.25, 0.3) is 0 Å². The van der Waals surface area contributed by atoms with Crippen molar-refractivity contribution >= 4 is 17.2 Å². The van der Waals surface area contributed by atoms with Gasteiger partial charge in [-0.3, -0.25) is 14.6 Å². The summed E-state index contributed by atoms with van der Waals surface area (Å²) < 4.78 is 0. The van der Waals surface area contributed by atoms with Crippen LogP contribution in [0.4, 0.5) is 0 Å². The Balaban J connectivity index is 1.74.